The molecule has 0 aromatic rings. The summed E-state index contributed by atoms with van der Waals surface area (Å²) in [5.41, 5.74) is 8.75. The van der Waals surface area contributed by atoms with Crippen molar-refractivity contribution in [1.29, 1.82) is 0 Å². The number of hydrogen-bond donors (Lipinski definition) is 2. The molecule has 10 saturated heterocycles. The summed E-state index contributed by atoms with van der Waals surface area (Å²) in [5.74, 6) is -0.472. The van der Waals surface area contributed by atoms with Crippen LogP contribution >= 0.6 is 0 Å². The van der Waals surface area contributed by atoms with Gasteiger partial charge in [0, 0.05) is 45.3 Å². The summed E-state index contributed by atoms with van der Waals surface area (Å²) in [4.78, 5) is 0. The minimum absolute atomic E-state index is 0.0239. The topological polar surface area (TPSA) is 139 Å². The maximum Gasteiger partial charge on any atom is 0.192 e. The summed E-state index contributed by atoms with van der Waals surface area (Å²) < 4.78 is 68.3. The lowest BCUT2D eigenvalue weighted by atomic mass is 9.81. The Labute approximate surface area is 366 Å². The van der Waals surface area contributed by atoms with Crippen LogP contribution in [-0.4, -0.2) is 137 Å². The molecule has 10 fully saturated rings. The van der Waals surface area contributed by atoms with Crippen LogP contribution in [0.25, 0.3) is 0 Å². The first-order valence-corrected chi connectivity index (χ1v) is 27.2. The molecule has 7 unspecified atom stereocenters. The number of fused-ring (bicyclic) bond motifs is 6. The predicted molar refractivity (Wildman–Crippen MR) is 233 cm³/mol. The molecule has 0 amide bonds. The normalized spacial score (nSPS) is 48.6. The van der Waals surface area contributed by atoms with E-state index >= 15 is 0 Å². The number of ether oxygens (including phenoxy) is 9. The highest BCUT2D eigenvalue weighted by molar-refractivity contribution is 6.74. The average molecular weight is 874 g/mol. The fraction of sp³-hybridized carbons (Fsp3) is 0.917. The predicted octanol–water partition coefficient (Wildman–Crippen LogP) is 7.04. The third-order valence-corrected chi connectivity index (χ3v) is 21.4. The first-order valence-electron chi connectivity index (χ1n) is 24.3. The van der Waals surface area contributed by atoms with Gasteiger partial charge >= 0.3 is 0 Å². The molecule has 10 aliphatic rings. The SMILES string of the molecule is C=C1C[C@@H]2CCCC[C@@]34CC5O[C@H]6C(O3)[C@H]3OC(CC[C@@H]3O[C@H]6C5O4)CC(O)C[C@H]3[C@H](C[C@H]4O[C@@H](CCC1O2)C[C@@H](C)C4=C)OC(C[C@@H](CN)O[Si](C)(C)C(C)(C)C)[C@@H]3OC. The minimum Gasteiger partial charge on any atom is -0.413 e. The van der Waals surface area contributed by atoms with Crippen LogP contribution in [0, 0.1) is 11.8 Å². The van der Waals surface area contributed by atoms with E-state index < -0.39 is 20.2 Å². The zero-order chi connectivity index (χ0) is 43.0. The number of hydrogen-bond acceptors (Lipinski definition) is 12. The zero-order valence-electron chi connectivity index (χ0n) is 38.3. The van der Waals surface area contributed by atoms with Gasteiger partial charge in [-0.1, -0.05) is 47.3 Å². The van der Waals surface area contributed by atoms with Gasteiger partial charge in [0.2, 0.25) is 0 Å². The smallest absolute Gasteiger partial charge is 0.192 e. The van der Waals surface area contributed by atoms with Gasteiger partial charge < -0.3 is 57.9 Å². The summed E-state index contributed by atoms with van der Waals surface area (Å²) >= 11 is 0. The molecule has 13 heteroatoms. The molecule has 0 radical (unpaired) electrons. The van der Waals surface area contributed by atoms with Crippen LogP contribution in [0.5, 0.6) is 0 Å². The molecule has 1 spiro atoms. The summed E-state index contributed by atoms with van der Waals surface area (Å²) in [6, 6.07) is 0. The maximum absolute atomic E-state index is 12.1. The molecule has 0 saturated carbocycles. The van der Waals surface area contributed by atoms with E-state index in [0.29, 0.717) is 38.1 Å². The molecule has 346 valence electrons. The zero-order valence-corrected chi connectivity index (χ0v) is 39.3. The van der Waals surface area contributed by atoms with Crippen LogP contribution in [0.2, 0.25) is 18.1 Å². The Morgan fingerprint density at radius 3 is 2.28 bits per heavy atom. The van der Waals surface area contributed by atoms with Gasteiger partial charge in [-0.25, -0.2) is 0 Å². The van der Waals surface area contributed by atoms with E-state index in [1.807, 2.05) is 0 Å². The molecule has 61 heavy (non-hydrogen) atoms. The molecule has 10 heterocycles. The standard InChI is InChI=1S/C48H79NO11Si/c1-26-18-31-13-15-35-27(2)19-30(52-35)12-10-11-17-48-24-40-43(58-48)44-45(57-40)46(59-48)42-36(56-44)16-14-32(54-42)20-29(50)21-34-38(23-37(53-31)28(26)3)55-39(41(34)51-7)22-33(25-49)60-61(8,9)47(4,5)6/h26,29-46,50H,2-3,10-25,49H2,1,4-9H3/t26-,29?,30+,31+,32?,33+,34+,35?,36+,37-,38+,39?,40?,41-,42+,43?,44+,45-,46?,48+/m1/s1. The Bertz CT molecular complexity index is 1580. The average Bonchev–Trinajstić information content (AvgIpc) is 3.88. The second-order valence-corrected chi connectivity index (χ2v) is 26.9. The fourth-order valence-corrected chi connectivity index (χ4v) is 13.9. The number of nitrogens with two attached hydrogens (primary N) is 1. The first kappa shape index (κ1) is 45.4. The van der Waals surface area contributed by atoms with E-state index in [1.165, 1.54) is 5.57 Å². The summed E-state index contributed by atoms with van der Waals surface area (Å²) in [6.45, 7) is 23.1. The largest absolute Gasteiger partial charge is 0.413 e. The van der Waals surface area contributed by atoms with Gasteiger partial charge in [0.25, 0.3) is 0 Å². The van der Waals surface area contributed by atoms with Crippen molar-refractivity contribution in [2.24, 2.45) is 17.6 Å². The number of methoxy groups -OCH3 is 1. The van der Waals surface area contributed by atoms with Gasteiger partial charge in [0.05, 0.1) is 73.2 Å². The van der Waals surface area contributed by atoms with Gasteiger partial charge in [0.15, 0.2) is 14.1 Å². The van der Waals surface area contributed by atoms with E-state index in [1.54, 1.807) is 7.11 Å². The van der Waals surface area contributed by atoms with Crippen molar-refractivity contribution in [3.8, 4) is 0 Å². The van der Waals surface area contributed by atoms with Gasteiger partial charge in [-0.2, -0.15) is 0 Å². The molecular formula is C48H79NO11Si. The van der Waals surface area contributed by atoms with E-state index in [4.69, 9.17) is 52.8 Å². The van der Waals surface area contributed by atoms with Crippen molar-refractivity contribution < 1.29 is 52.2 Å². The summed E-state index contributed by atoms with van der Waals surface area (Å²) in [7, 11) is -0.335. The minimum atomic E-state index is -2.11. The highest BCUT2D eigenvalue weighted by Gasteiger charge is 2.68. The van der Waals surface area contributed by atoms with Crippen LogP contribution in [0.3, 0.4) is 0 Å². The Morgan fingerprint density at radius 2 is 1.51 bits per heavy atom. The Balaban J connectivity index is 0.968. The van der Waals surface area contributed by atoms with Gasteiger partial charge in [-0.3, -0.25) is 0 Å². The van der Waals surface area contributed by atoms with Crippen LogP contribution < -0.4 is 5.73 Å². The van der Waals surface area contributed by atoms with Gasteiger partial charge in [-0.05, 0) is 99.4 Å². The summed E-state index contributed by atoms with van der Waals surface area (Å²) in [5, 5.41) is 12.1. The van der Waals surface area contributed by atoms with Crippen LogP contribution in [0.1, 0.15) is 124 Å². The van der Waals surface area contributed by atoms with Crippen LogP contribution in [-0.2, 0) is 47.1 Å². The van der Waals surface area contributed by atoms with Crippen LogP contribution in [0.15, 0.2) is 24.3 Å². The fourth-order valence-electron chi connectivity index (χ4n) is 12.5. The Hall–Kier alpha value is -0.783. The lowest BCUT2D eigenvalue weighted by Gasteiger charge is -2.47. The number of rotatable bonds is 6. The highest BCUT2D eigenvalue weighted by Crippen LogP contribution is 2.54. The molecule has 0 aromatic heterocycles. The number of aliphatic hydroxyl groups excluding tert-OH is 1. The molecule has 0 aliphatic carbocycles. The van der Waals surface area contributed by atoms with Crippen molar-refractivity contribution in [2.75, 3.05) is 13.7 Å². The Kier molecular flexibility index (Phi) is 13.2. The molecule has 10 aliphatic heterocycles. The Morgan fingerprint density at radius 1 is 0.787 bits per heavy atom. The lowest BCUT2D eigenvalue weighted by Crippen LogP contribution is -2.61. The van der Waals surface area contributed by atoms with E-state index in [0.717, 1.165) is 76.2 Å². The molecule has 10 rings (SSSR count). The van der Waals surface area contributed by atoms with Gasteiger partial charge in [0.1, 0.15) is 30.5 Å². The molecular weight excluding hydrogens is 795 g/mol. The first-order chi connectivity index (χ1) is 29.0. The lowest BCUT2D eigenvalue weighted by molar-refractivity contribution is -0.293. The van der Waals surface area contributed by atoms with E-state index in [9.17, 15) is 5.11 Å². The third kappa shape index (κ3) is 9.07. The van der Waals surface area contributed by atoms with Crippen molar-refractivity contribution in [3.05, 3.63) is 24.3 Å². The molecule has 3 N–H and O–H groups in total. The molecule has 12 nitrogen and oxygen atoms in total. The summed E-state index contributed by atoms with van der Waals surface area (Å²) in [6.07, 6.45) is 9.42. The molecule has 0 aromatic carbocycles. The quantitative estimate of drug-likeness (QED) is 0.209. The monoisotopic (exact) mass is 874 g/mol. The van der Waals surface area contributed by atoms with Crippen molar-refractivity contribution in [3.63, 3.8) is 0 Å². The second kappa shape index (κ2) is 17.8. The van der Waals surface area contributed by atoms with Crippen molar-refractivity contribution in [2.45, 2.75) is 252 Å². The van der Waals surface area contributed by atoms with Crippen molar-refractivity contribution in [1.82, 2.24) is 0 Å². The van der Waals surface area contributed by atoms with E-state index in [-0.39, 0.29) is 109 Å². The van der Waals surface area contributed by atoms with Gasteiger partial charge in [-0.15, -0.1) is 0 Å². The van der Waals surface area contributed by atoms with E-state index in [2.05, 4.69) is 53.9 Å². The third-order valence-electron chi connectivity index (χ3n) is 16.9. The van der Waals surface area contributed by atoms with Crippen molar-refractivity contribution >= 4 is 8.32 Å². The second-order valence-electron chi connectivity index (χ2n) is 22.2. The number of aliphatic hydroxyl groups is 1. The van der Waals surface area contributed by atoms with Crippen LogP contribution in [0.4, 0.5) is 0 Å². The molecule has 20 atom stereocenters. The molecule has 12 bridgehead atoms. The maximum atomic E-state index is 12.1. The highest BCUT2D eigenvalue weighted by atomic mass is 28.4.